The molecule has 2 saturated heterocycles. The summed E-state index contributed by atoms with van der Waals surface area (Å²) in [5, 5.41) is 11.6. The summed E-state index contributed by atoms with van der Waals surface area (Å²) in [6.45, 7) is 2.32. The number of hydrogen-bond acceptors (Lipinski definition) is 5. The second-order valence-corrected chi connectivity index (χ2v) is 10.5. The van der Waals surface area contributed by atoms with Crippen LogP contribution in [0, 0.1) is 11.8 Å². The molecule has 2 aliphatic rings. The molecular weight excluding hydrogens is 420 g/mol. The molecule has 2 rings (SSSR count). The summed E-state index contributed by atoms with van der Waals surface area (Å²) in [7, 11) is -3.42. The highest BCUT2D eigenvalue weighted by atomic mass is 32.2. The van der Waals surface area contributed by atoms with Gasteiger partial charge in [-0.05, 0) is 44.4 Å². The minimum Gasteiger partial charge on any atom is -0.481 e. The summed E-state index contributed by atoms with van der Waals surface area (Å²) < 4.78 is 32.4. The maximum atomic E-state index is 12.2. The molecule has 9 heteroatoms. The molecule has 4 atom stereocenters. The van der Waals surface area contributed by atoms with Crippen molar-refractivity contribution >= 4 is 21.9 Å². The van der Waals surface area contributed by atoms with E-state index in [0.717, 1.165) is 44.9 Å². The Balaban J connectivity index is 1.70. The van der Waals surface area contributed by atoms with Crippen LogP contribution in [-0.2, 0) is 24.3 Å². The van der Waals surface area contributed by atoms with E-state index < -0.39 is 16.0 Å². The van der Waals surface area contributed by atoms with Crippen molar-refractivity contribution in [3.63, 3.8) is 0 Å². The minimum absolute atomic E-state index is 0.0569. The number of allylic oxidation sites excluding steroid dienone is 2. The molecule has 31 heavy (non-hydrogen) atoms. The molecular formula is C22H38N2O6S. The lowest BCUT2D eigenvalue weighted by Crippen LogP contribution is -2.42. The van der Waals surface area contributed by atoms with E-state index >= 15 is 0 Å². The minimum atomic E-state index is -3.42. The molecule has 8 nitrogen and oxygen atoms in total. The van der Waals surface area contributed by atoms with Gasteiger partial charge in [-0.25, -0.2) is 13.1 Å². The maximum absolute atomic E-state index is 12.2. The van der Waals surface area contributed by atoms with E-state index in [0.29, 0.717) is 25.3 Å². The standard InChI is InChI=1S/C22H38N2O6S/c1-2-3-4-9-14-31(28,29)24-16-21(25)23-15-18-17(19-12-13-20(18)30-19)10-7-5-6-8-11-22(26)27/h5,7,17-20,24H,2-4,6,8-16H2,1H3,(H,23,25)(H,26,27)/b7-5-/t17-,18+,19-,20-/m1/s1. The zero-order valence-corrected chi connectivity index (χ0v) is 19.4. The van der Waals surface area contributed by atoms with Gasteiger partial charge in [-0.15, -0.1) is 0 Å². The molecule has 0 aromatic heterocycles. The first-order valence-electron chi connectivity index (χ1n) is 11.6. The number of nitrogens with one attached hydrogen (secondary N) is 2. The van der Waals surface area contributed by atoms with Gasteiger partial charge in [-0.3, -0.25) is 9.59 Å². The molecule has 0 spiro atoms. The maximum Gasteiger partial charge on any atom is 0.303 e. The number of carbonyl (C=O) groups is 2. The molecule has 0 aromatic rings. The molecule has 3 N–H and O–H groups in total. The van der Waals surface area contributed by atoms with Crippen LogP contribution in [0.15, 0.2) is 12.2 Å². The Bertz CT molecular complexity index is 709. The van der Waals surface area contributed by atoms with Gasteiger partial charge in [0.1, 0.15) is 0 Å². The molecule has 2 fully saturated rings. The Morgan fingerprint density at radius 1 is 1.06 bits per heavy atom. The topological polar surface area (TPSA) is 122 Å². The third-order valence-electron chi connectivity index (χ3n) is 6.18. The van der Waals surface area contributed by atoms with Crippen molar-refractivity contribution in [1.82, 2.24) is 10.0 Å². The molecule has 2 aliphatic heterocycles. The van der Waals surface area contributed by atoms with Gasteiger partial charge in [0.05, 0.1) is 24.5 Å². The van der Waals surface area contributed by atoms with Crippen molar-refractivity contribution in [3.05, 3.63) is 12.2 Å². The molecule has 2 bridgehead atoms. The van der Waals surface area contributed by atoms with Gasteiger partial charge >= 0.3 is 5.97 Å². The lowest BCUT2D eigenvalue weighted by Gasteiger charge is -2.27. The van der Waals surface area contributed by atoms with E-state index in [2.05, 4.69) is 23.0 Å². The van der Waals surface area contributed by atoms with E-state index in [-0.39, 0.29) is 42.8 Å². The van der Waals surface area contributed by atoms with Crippen molar-refractivity contribution < 1.29 is 27.9 Å². The zero-order chi connectivity index (χ0) is 22.7. The number of carbonyl (C=O) groups excluding carboxylic acids is 1. The van der Waals surface area contributed by atoms with Crippen LogP contribution in [0.25, 0.3) is 0 Å². The predicted molar refractivity (Wildman–Crippen MR) is 119 cm³/mol. The highest BCUT2D eigenvalue weighted by Gasteiger charge is 2.47. The molecule has 0 radical (unpaired) electrons. The fourth-order valence-corrected chi connectivity index (χ4v) is 5.56. The molecule has 1 amide bonds. The Hall–Kier alpha value is -1.45. The van der Waals surface area contributed by atoms with E-state index in [4.69, 9.17) is 9.84 Å². The van der Waals surface area contributed by atoms with Crippen LogP contribution in [0.1, 0.15) is 71.1 Å². The molecule has 2 heterocycles. The Kier molecular flexibility index (Phi) is 11.0. The summed E-state index contributed by atoms with van der Waals surface area (Å²) in [5.41, 5.74) is 0. The summed E-state index contributed by atoms with van der Waals surface area (Å²) in [4.78, 5) is 22.7. The molecule has 0 unspecified atom stereocenters. The van der Waals surface area contributed by atoms with Gasteiger partial charge in [-0.2, -0.15) is 0 Å². The van der Waals surface area contributed by atoms with Crippen LogP contribution >= 0.6 is 0 Å². The van der Waals surface area contributed by atoms with Crippen LogP contribution in [0.3, 0.4) is 0 Å². The van der Waals surface area contributed by atoms with E-state index in [9.17, 15) is 18.0 Å². The monoisotopic (exact) mass is 458 g/mol. The summed E-state index contributed by atoms with van der Waals surface area (Å²) in [6.07, 6.45) is 12.4. The quantitative estimate of drug-likeness (QED) is 0.241. The van der Waals surface area contributed by atoms with Crippen molar-refractivity contribution in [3.8, 4) is 0 Å². The zero-order valence-electron chi connectivity index (χ0n) is 18.6. The number of sulfonamides is 1. The van der Waals surface area contributed by atoms with Crippen LogP contribution in [0.4, 0.5) is 0 Å². The number of hydrogen-bond donors (Lipinski definition) is 3. The van der Waals surface area contributed by atoms with E-state index in [1.807, 2.05) is 6.08 Å². The van der Waals surface area contributed by atoms with Gasteiger partial charge < -0.3 is 15.2 Å². The third-order valence-corrected chi connectivity index (χ3v) is 7.59. The van der Waals surface area contributed by atoms with Crippen molar-refractivity contribution in [1.29, 1.82) is 0 Å². The molecule has 0 aliphatic carbocycles. The fourth-order valence-electron chi connectivity index (χ4n) is 4.48. The summed E-state index contributed by atoms with van der Waals surface area (Å²) in [5.74, 6) is -0.490. The number of amides is 1. The second kappa shape index (κ2) is 13.2. The average Bonchev–Trinajstić information content (AvgIpc) is 3.32. The number of unbranched alkanes of at least 4 members (excludes halogenated alkanes) is 4. The van der Waals surface area contributed by atoms with Gasteiger partial charge in [0, 0.05) is 18.9 Å². The number of rotatable bonds is 16. The van der Waals surface area contributed by atoms with Gasteiger partial charge in [-0.1, -0.05) is 38.3 Å². The second-order valence-electron chi connectivity index (χ2n) is 8.62. The predicted octanol–water partition coefficient (Wildman–Crippen LogP) is 2.60. The van der Waals surface area contributed by atoms with Crippen LogP contribution in [0.2, 0.25) is 0 Å². The number of aliphatic carboxylic acids is 1. The van der Waals surface area contributed by atoms with Gasteiger partial charge in [0.2, 0.25) is 15.9 Å². The summed E-state index contributed by atoms with van der Waals surface area (Å²) in [6, 6.07) is 0. The lowest BCUT2D eigenvalue weighted by molar-refractivity contribution is -0.137. The molecule has 178 valence electrons. The van der Waals surface area contributed by atoms with Crippen molar-refractivity contribution in [2.45, 2.75) is 83.3 Å². The Labute approximate surface area is 186 Å². The van der Waals surface area contributed by atoms with Crippen molar-refractivity contribution in [2.75, 3.05) is 18.8 Å². The number of carboxylic acid groups (broad SMARTS) is 1. The third kappa shape index (κ3) is 9.29. The number of fused-ring (bicyclic) bond motifs is 2. The number of ether oxygens (including phenoxy) is 1. The van der Waals surface area contributed by atoms with Crippen LogP contribution in [0.5, 0.6) is 0 Å². The van der Waals surface area contributed by atoms with Gasteiger partial charge in [0.25, 0.3) is 0 Å². The first-order valence-corrected chi connectivity index (χ1v) is 13.2. The summed E-state index contributed by atoms with van der Waals surface area (Å²) >= 11 is 0. The SMILES string of the molecule is CCCCCCS(=O)(=O)NCC(=O)NC[C@H]1[C@@H](C/C=C\CCCC(=O)O)[C@H]2CC[C@H]1O2. The highest BCUT2D eigenvalue weighted by Crippen LogP contribution is 2.44. The van der Waals surface area contributed by atoms with E-state index in [1.54, 1.807) is 0 Å². The van der Waals surface area contributed by atoms with Crippen LogP contribution < -0.4 is 10.0 Å². The smallest absolute Gasteiger partial charge is 0.303 e. The molecule has 0 aromatic carbocycles. The largest absolute Gasteiger partial charge is 0.481 e. The van der Waals surface area contributed by atoms with E-state index in [1.165, 1.54) is 0 Å². The van der Waals surface area contributed by atoms with Crippen LogP contribution in [-0.4, -0.2) is 56.5 Å². The Morgan fingerprint density at radius 3 is 2.52 bits per heavy atom. The normalized spacial score (nSPS) is 25.3. The highest BCUT2D eigenvalue weighted by molar-refractivity contribution is 7.89. The van der Waals surface area contributed by atoms with Gasteiger partial charge in [0.15, 0.2) is 0 Å². The average molecular weight is 459 g/mol. The fraction of sp³-hybridized carbons (Fsp3) is 0.818. The first-order chi connectivity index (χ1) is 14.8. The Morgan fingerprint density at radius 2 is 1.81 bits per heavy atom. The molecule has 0 saturated carbocycles. The first kappa shape index (κ1) is 25.8. The van der Waals surface area contributed by atoms with Crippen molar-refractivity contribution in [2.24, 2.45) is 11.8 Å². The number of carboxylic acids is 1. The lowest BCUT2D eigenvalue weighted by atomic mass is 9.77.